The lowest BCUT2D eigenvalue weighted by Gasteiger charge is -2.15. The van der Waals surface area contributed by atoms with E-state index >= 15 is 0 Å². The predicted molar refractivity (Wildman–Crippen MR) is 97.8 cm³/mol. The van der Waals surface area contributed by atoms with E-state index in [1.165, 1.54) is 0 Å². The number of nitrogens with two attached hydrogens (primary N) is 1. The zero-order valence-electron chi connectivity index (χ0n) is 14.1. The number of aromatic nitrogens is 1. The Bertz CT molecular complexity index is 900. The highest BCUT2D eigenvalue weighted by atomic mass is 16.2. The number of fused-ring (bicyclic) bond motifs is 1. The molecule has 128 valence electrons. The first kappa shape index (κ1) is 16.8. The molecule has 1 heterocycles. The van der Waals surface area contributed by atoms with Crippen LogP contribution in [0.2, 0.25) is 0 Å². The minimum atomic E-state index is -0.826. The molecule has 0 saturated carbocycles. The average Bonchev–Trinajstić information content (AvgIpc) is 2.98. The molecule has 0 fully saturated rings. The van der Waals surface area contributed by atoms with Gasteiger partial charge in [-0.2, -0.15) is 0 Å². The monoisotopic (exact) mass is 335 g/mol. The summed E-state index contributed by atoms with van der Waals surface area (Å²) in [7, 11) is 0. The number of nitrogens with zero attached hydrogens (tertiary/aromatic N) is 1. The van der Waals surface area contributed by atoms with Gasteiger partial charge in [-0.05, 0) is 24.1 Å². The van der Waals surface area contributed by atoms with Crippen molar-refractivity contribution in [3.05, 3.63) is 71.9 Å². The smallest absolute Gasteiger partial charge is 0.244 e. The zero-order chi connectivity index (χ0) is 17.8. The van der Waals surface area contributed by atoms with Crippen LogP contribution in [0, 0.1) is 0 Å². The Morgan fingerprint density at radius 2 is 1.76 bits per heavy atom. The molecule has 0 aliphatic rings. The lowest BCUT2D eigenvalue weighted by Crippen LogP contribution is -2.38. The largest absolute Gasteiger partial charge is 0.368 e. The summed E-state index contributed by atoms with van der Waals surface area (Å²) in [6, 6.07) is 16.2. The van der Waals surface area contributed by atoms with Crippen LogP contribution >= 0.6 is 0 Å². The van der Waals surface area contributed by atoms with E-state index < -0.39 is 11.9 Å². The van der Waals surface area contributed by atoms with Gasteiger partial charge in [-0.1, -0.05) is 48.5 Å². The highest BCUT2D eigenvalue weighted by molar-refractivity contribution is 5.92. The molecule has 2 aromatic carbocycles. The Labute approximate surface area is 146 Å². The van der Waals surface area contributed by atoms with Gasteiger partial charge in [0.05, 0.1) is 6.42 Å². The predicted octanol–water partition coefficient (Wildman–Crippen LogP) is 2.55. The molecular weight excluding hydrogens is 314 g/mol. The fourth-order valence-electron chi connectivity index (χ4n) is 3.07. The molecule has 5 heteroatoms. The molecule has 25 heavy (non-hydrogen) atoms. The van der Waals surface area contributed by atoms with Gasteiger partial charge in [0, 0.05) is 23.6 Å². The van der Waals surface area contributed by atoms with E-state index in [-0.39, 0.29) is 12.3 Å². The van der Waals surface area contributed by atoms with E-state index in [1.807, 2.05) is 48.7 Å². The van der Waals surface area contributed by atoms with E-state index in [4.69, 9.17) is 5.73 Å². The van der Waals surface area contributed by atoms with Crippen molar-refractivity contribution in [1.29, 1.82) is 0 Å². The first-order valence-electron chi connectivity index (χ1n) is 8.30. The quantitative estimate of drug-likeness (QED) is 0.726. The molecule has 3 N–H and O–H groups in total. The maximum Gasteiger partial charge on any atom is 0.244 e. The number of nitrogens with one attached hydrogen (secondary N) is 1. The third-order valence-electron chi connectivity index (χ3n) is 4.29. The number of amides is 2. The Kier molecular flexibility index (Phi) is 4.84. The second-order valence-electron chi connectivity index (χ2n) is 5.95. The minimum absolute atomic E-state index is 0.199. The second-order valence-corrected chi connectivity index (χ2v) is 5.95. The summed E-state index contributed by atoms with van der Waals surface area (Å²) in [6.45, 7) is 2.89. The van der Waals surface area contributed by atoms with Crippen LogP contribution in [0.3, 0.4) is 0 Å². The van der Waals surface area contributed by atoms with Crippen LogP contribution in [-0.4, -0.2) is 16.4 Å². The van der Waals surface area contributed by atoms with Crippen LogP contribution < -0.4 is 11.1 Å². The van der Waals surface area contributed by atoms with Gasteiger partial charge in [-0.25, -0.2) is 0 Å². The number of hydrogen-bond donors (Lipinski definition) is 2. The Morgan fingerprint density at radius 1 is 1.08 bits per heavy atom. The van der Waals surface area contributed by atoms with Gasteiger partial charge >= 0.3 is 0 Å². The normalized spacial score (nSPS) is 12.0. The molecule has 5 nitrogen and oxygen atoms in total. The number of para-hydroxylation sites is 1. The summed E-state index contributed by atoms with van der Waals surface area (Å²) in [6.07, 6.45) is 2.19. The molecule has 3 rings (SSSR count). The average molecular weight is 335 g/mol. The molecule has 0 spiro atoms. The number of hydrogen-bond acceptors (Lipinski definition) is 2. The molecular formula is C20H21N3O2. The van der Waals surface area contributed by atoms with Crippen LogP contribution in [0.4, 0.5) is 0 Å². The maximum absolute atomic E-state index is 12.5. The van der Waals surface area contributed by atoms with Crippen molar-refractivity contribution in [3.63, 3.8) is 0 Å². The molecule has 2 amide bonds. The van der Waals surface area contributed by atoms with Gasteiger partial charge < -0.3 is 15.6 Å². The van der Waals surface area contributed by atoms with E-state index in [0.29, 0.717) is 5.56 Å². The molecule has 0 radical (unpaired) electrons. The van der Waals surface area contributed by atoms with Crippen molar-refractivity contribution >= 4 is 22.7 Å². The fourth-order valence-corrected chi connectivity index (χ4v) is 3.07. The fraction of sp³-hybridized carbons (Fsp3) is 0.200. The number of benzene rings is 2. The Morgan fingerprint density at radius 3 is 2.44 bits per heavy atom. The van der Waals surface area contributed by atoms with E-state index in [0.717, 1.165) is 23.0 Å². The summed E-state index contributed by atoms with van der Waals surface area (Å²) in [5, 5.41) is 3.80. The highest BCUT2D eigenvalue weighted by Crippen LogP contribution is 2.22. The highest BCUT2D eigenvalue weighted by Gasteiger charge is 2.21. The SMILES string of the molecule is CCn1cc(CC(=O)N[C@@H](C(N)=O)c2ccccc2)c2ccccc21. The Balaban J connectivity index is 1.81. The molecule has 0 unspecified atom stereocenters. The number of carbonyl (C=O) groups is 2. The third-order valence-corrected chi connectivity index (χ3v) is 4.29. The van der Waals surface area contributed by atoms with Crippen molar-refractivity contribution in [2.75, 3.05) is 0 Å². The van der Waals surface area contributed by atoms with Crippen LogP contribution in [0.1, 0.15) is 24.1 Å². The number of carbonyl (C=O) groups excluding carboxylic acids is 2. The summed E-state index contributed by atoms with van der Waals surface area (Å²) in [5.41, 5.74) is 8.18. The molecule has 0 aliphatic heterocycles. The topological polar surface area (TPSA) is 77.1 Å². The van der Waals surface area contributed by atoms with Gasteiger partial charge in [0.1, 0.15) is 6.04 Å². The van der Waals surface area contributed by atoms with Crippen molar-refractivity contribution in [2.45, 2.75) is 25.9 Å². The first-order valence-corrected chi connectivity index (χ1v) is 8.30. The molecule has 0 bridgehead atoms. The molecule has 0 aliphatic carbocycles. The minimum Gasteiger partial charge on any atom is -0.368 e. The van der Waals surface area contributed by atoms with Gasteiger partial charge in [0.25, 0.3) is 0 Å². The van der Waals surface area contributed by atoms with Gasteiger partial charge in [-0.15, -0.1) is 0 Å². The second kappa shape index (κ2) is 7.21. The standard InChI is InChI=1S/C20H21N3O2/c1-2-23-13-15(16-10-6-7-11-17(16)23)12-18(24)22-19(20(21)25)14-8-4-3-5-9-14/h3-11,13,19H,2,12H2,1H3,(H2,21,25)(H,22,24)/t19-/m1/s1. The van der Waals surface area contributed by atoms with Crippen LogP contribution in [-0.2, 0) is 22.6 Å². The molecule has 1 aromatic heterocycles. The van der Waals surface area contributed by atoms with Crippen LogP contribution in [0.15, 0.2) is 60.8 Å². The zero-order valence-corrected chi connectivity index (χ0v) is 14.1. The number of aryl methyl sites for hydroxylation is 1. The first-order chi connectivity index (χ1) is 12.1. The van der Waals surface area contributed by atoms with Gasteiger partial charge in [-0.3, -0.25) is 9.59 Å². The number of rotatable bonds is 6. The van der Waals surface area contributed by atoms with Gasteiger partial charge in [0.15, 0.2) is 0 Å². The summed E-state index contributed by atoms with van der Waals surface area (Å²) in [4.78, 5) is 24.3. The van der Waals surface area contributed by atoms with Crippen LogP contribution in [0.25, 0.3) is 10.9 Å². The molecule has 1 atom stereocenters. The van der Waals surface area contributed by atoms with Crippen molar-refractivity contribution < 1.29 is 9.59 Å². The summed E-state index contributed by atoms with van der Waals surface area (Å²) < 4.78 is 2.11. The number of primary amides is 1. The third kappa shape index (κ3) is 3.55. The molecule has 0 saturated heterocycles. The lowest BCUT2D eigenvalue weighted by atomic mass is 10.1. The van der Waals surface area contributed by atoms with E-state index in [9.17, 15) is 9.59 Å². The van der Waals surface area contributed by atoms with Crippen molar-refractivity contribution in [2.24, 2.45) is 5.73 Å². The van der Waals surface area contributed by atoms with Gasteiger partial charge in [0.2, 0.25) is 11.8 Å². The summed E-state index contributed by atoms with van der Waals surface area (Å²) >= 11 is 0. The van der Waals surface area contributed by atoms with Crippen LogP contribution in [0.5, 0.6) is 0 Å². The lowest BCUT2D eigenvalue weighted by molar-refractivity contribution is -0.127. The van der Waals surface area contributed by atoms with E-state index in [2.05, 4.69) is 16.8 Å². The Hall–Kier alpha value is -3.08. The van der Waals surface area contributed by atoms with Crippen molar-refractivity contribution in [1.82, 2.24) is 9.88 Å². The summed E-state index contributed by atoms with van der Waals surface area (Å²) in [5.74, 6) is -0.804. The van der Waals surface area contributed by atoms with E-state index in [1.54, 1.807) is 12.1 Å². The maximum atomic E-state index is 12.5. The molecule has 3 aromatic rings. The van der Waals surface area contributed by atoms with Crippen molar-refractivity contribution in [3.8, 4) is 0 Å².